The number of carbonyl (C=O) groups is 1. The van der Waals surface area contributed by atoms with Crippen molar-refractivity contribution >= 4 is 16.9 Å². The fourth-order valence-electron chi connectivity index (χ4n) is 1.37. The van der Waals surface area contributed by atoms with Gasteiger partial charge in [-0.15, -0.1) is 0 Å². The molecule has 0 atom stereocenters. The average Bonchev–Trinajstić information content (AvgIpc) is 2.28. The van der Waals surface area contributed by atoms with E-state index in [-0.39, 0.29) is 0 Å². The van der Waals surface area contributed by atoms with Gasteiger partial charge >= 0.3 is 5.97 Å². The second kappa shape index (κ2) is 4.04. The fraction of sp³-hybridized carbons (Fsp3) is 0.182. The number of rotatable bonds is 2. The standard InChI is InChI=1S/C11H10N2O2/c1-2-15-11(14)10-8-5-3-4-6-9(8)12-7-13-10/h3-7H,2H2,1H3. The molecule has 0 saturated carbocycles. The van der Waals surface area contributed by atoms with Gasteiger partial charge < -0.3 is 4.74 Å². The Hall–Kier alpha value is -1.97. The minimum absolute atomic E-state index is 0.322. The summed E-state index contributed by atoms with van der Waals surface area (Å²) in [5.41, 5.74) is 1.07. The van der Waals surface area contributed by atoms with Gasteiger partial charge in [-0.2, -0.15) is 0 Å². The molecule has 1 heterocycles. The second-order valence-electron chi connectivity index (χ2n) is 2.96. The van der Waals surface area contributed by atoms with Gasteiger partial charge in [0.05, 0.1) is 12.1 Å². The van der Waals surface area contributed by atoms with Crippen LogP contribution >= 0.6 is 0 Å². The first kappa shape index (κ1) is 9.58. The highest BCUT2D eigenvalue weighted by atomic mass is 16.5. The number of hydrogen-bond donors (Lipinski definition) is 0. The van der Waals surface area contributed by atoms with E-state index in [2.05, 4.69) is 9.97 Å². The normalized spacial score (nSPS) is 10.2. The molecular weight excluding hydrogens is 192 g/mol. The van der Waals surface area contributed by atoms with Crippen LogP contribution in [0.1, 0.15) is 17.4 Å². The summed E-state index contributed by atoms with van der Waals surface area (Å²) in [6.45, 7) is 2.11. The molecule has 0 spiro atoms. The van der Waals surface area contributed by atoms with Crippen LogP contribution in [-0.2, 0) is 4.74 Å². The molecule has 0 aliphatic carbocycles. The number of para-hydroxylation sites is 1. The number of carbonyl (C=O) groups excluding carboxylic acids is 1. The molecule has 1 aromatic carbocycles. The summed E-state index contributed by atoms with van der Waals surface area (Å²) >= 11 is 0. The van der Waals surface area contributed by atoms with Crippen molar-refractivity contribution in [3.8, 4) is 0 Å². The Morgan fingerprint density at radius 1 is 1.33 bits per heavy atom. The van der Waals surface area contributed by atoms with Crippen LogP contribution in [0.15, 0.2) is 30.6 Å². The topological polar surface area (TPSA) is 52.1 Å². The van der Waals surface area contributed by atoms with Gasteiger partial charge in [0.2, 0.25) is 0 Å². The zero-order chi connectivity index (χ0) is 10.7. The van der Waals surface area contributed by atoms with E-state index in [1.54, 1.807) is 6.92 Å². The number of ether oxygens (including phenoxy) is 1. The molecule has 0 saturated heterocycles. The summed E-state index contributed by atoms with van der Waals surface area (Å²) < 4.78 is 4.91. The maximum atomic E-state index is 11.5. The van der Waals surface area contributed by atoms with Crippen LogP contribution in [0.4, 0.5) is 0 Å². The first-order chi connectivity index (χ1) is 7.33. The first-order valence-corrected chi connectivity index (χ1v) is 4.69. The average molecular weight is 202 g/mol. The SMILES string of the molecule is CCOC(=O)c1ncnc2ccccc12. The quantitative estimate of drug-likeness (QED) is 0.697. The summed E-state index contributed by atoms with van der Waals surface area (Å²) in [5.74, 6) is -0.406. The smallest absolute Gasteiger partial charge is 0.357 e. The van der Waals surface area contributed by atoms with E-state index in [0.29, 0.717) is 12.3 Å². The highest BCUT2D eigenvalue weighted by Gasteiger charge is 2.12. The molecule has 76 valence electrons. The van der Waals surface area contributed by atoms with Gasteiger partial charge in [-0.3, -0.25) is 0 Å². The lowest BCUT2D eigenvalue weighted by atomic mass is 10.2. The molecule has 2 aromatic rings. The van der Waals surface area contributed by atoms with Crippen molar-refractivity contribution in [2.45, 2.75) is 6.92 Å². The molecule has 4 nitrogen and oxygen atoms in total. The van der Waals surface area contributed by atoms with E-state index in [1.807, 2.05) is 24.3 Å². The van der Waals surface area contributed by atoms with Crippen molar-refractivity contribution in [3.63, 3.8) is 0 Å². The Balaban J connectivity index is 2.56. The van der Waals surface area contributed by atoms with Crippen LogP contribution in [0.2, 0.25) is 0 Å². The van der Waals surface area contributed by atoms with E-state index < -0.39 is 5.97 Å². The number of fused-ring (bicyclic) bond motifs is 1. The summed E-state index contributed by atoms with van der Waals surface area (Å²) in [5, 5.41) is 0.721. The van der Waals surface area contributed by atoms with E-state index in [1.165, 1.54) is 6.33 Å². The van der Waals surface area contributed by atoms with Crippen molar-refractivity contribution in [2.24, 2.45) is 0 Å². The van der Waals surface area contributed by atoms with Gasteiger partial charge in [0.15, 0.2) is 5.69 Å². The summed E-state index contributed by atoms with van der Waals surface area (Å²) in [6.07, 6.45) is 1.37. The monoisotopic (exact) mass is 202 g/mol. The summed E-state index contributed by atoms with van der Waals surface area (Å²) in [4.78, 5) is 19.6. The lowest BCUT2D eigenvalue weighted by Gasteiger charge is -2.03. The van der Waals surface area contributed by atoms with Gasteiger partial charge in [0.1, 0.15) is 6.33 Å². The summed E-state index contributed by atoms with van der Waals surface area (Å²) in [7, 11) is 0. The lowest BCUT2D eigenvalue weighted by Crippen LogP contribution is -2.08. The van der Waals surface area contributed by atoms with Gasteiger partial charge in [0, 0.05) is 5.39 Å². The molecule has 0 unspecified atom stereocenters. The maximum Gasteiger partial charge on any atom is 0.357 e. The molecular formula is C11H10N2O2. The zero-order valence-corrected chi connectivity index (χ0v) is 8.30. The van der Waals surface area contributed by atoms with Crippen LogP contribution in [0.3, 0.4) is 0 Å². The molecule has 0 N–H and O–H groups in total. The molecule has 0 amide bonds. The summed E-state index contributed by atoms with van der Waals surface area (Å²) in [6, 6.07) is 7.35. The highest BCUT2D eigenvalue weighted by Crippen LogP contribution is 2.14. The lowest BCUT2D eigenvalue weighted by molar-refractivity contribution is 0.0522. The molecule has 2 rings (SSSR count). The third-order valence-electron chi connectivity index (χ3n) is 2.01. The van der Waals surface area contributed by atoms with E-state index in [9.17, 15) is 4.79 Å². The predicted molar refractivity (Wildman–Crippen MR) is 55.5 cm³/mol. The van der Waals surface area contributed by atoms with Crippen molar-refractivity contribution < 1.29 is 9.53 Å². The van der Waals surface area contributed by atoms with Crippen molar-refractivity contribution in [1.29, 1.82) is 0 Å². The van der Waals surface area contributed by atoms with Gasteiger partial charge in [-0.25, -0.2) is 14.8 Å². The number of hydrogen-bond acceptors (Lipinski definition) is 4. The number of esters is 1. The molecule has 15 heavy (non-hydrogen) atoms. The molecule has 0 fully saturated rings. The van der Waals surface area contributed by atoms with Gasteiger partial charge in [-0.05, 0) is 13.0 Å². The Morgan fingerprint density at radius 2 is 2.13 bits per heavy atom. The van der Waals surface area contributed by atoms with Crippen LogP contribution in [0.5, 0.6) is 0 Å². The van der Waals surface area contributed by atoms with Gasteiger partial charge in [0.25, 0.3) is 0 Å². The van der Waals surface area contributed by atoms with Crippen molar-refractivity contribution in [2.75, 3.05) is 6.61 Å². The minimum atomic E-state index is -0.406. The van der Waals surface area contributed by atoms with E-state index in [4.69, 9.17) is 4.74 Å². The predicted octanol–water partition coefficient (Wildman–Crippen LogP) is 1.81. The van der Waals surface area contributed by atoms with E-state index >= 15 is 0 Å². The second-order valence-corrected chi connectivity index (χ2v) is 2.96. The van der Waals surface area contributed by atoms with Crippen molar-refractivity contribution in [1.82, 2.24) is 9.97 Å². The Bertz CT molecular complexity index is 491. The first-order valence-electron chi connectivity index (χ1n) is 4.69. The van der Waals surface area contributed by atoms with Crippen LogP contribution in [-0.4, -0.2) is 22.5 Å². The molecule has 0 bridgehead atoms. The van der Waals surface area contributed by atoms with Crippen LogP contribution in [0, 0.1) is 0 Å². The van der Waals surface area contributed by atoms with Crippen molar-refractivity contribution in [3.05, 3.63) is 36.3 Å². The number of aromatic nitrogens is 2. The molecule has 4 heteroatoms. The Labute approximate surface area is 86.9 Å². The van der Waals surface area contributed by atoms with E-state index in [0.717, 1.165) is 10.9 Å². The fourth-order valence-corrected chi connectivity index (χ4v) is 1.37. The number of nitrogens with zero attached hydrogens (tertiary/aromatic N) is 2. The third kappa shape index (κ3) is 1.79. The van der Waals surface area contributed by atoms with Crippen LogP contribution < -0.4 is 0 Å². The Kier molecular flexibility index (Phi) is 2.58. The van der Waals surface area contributed by atoms with Crippen LogP contribution in [0.25, 0.3) is 10.9 Å². The number of benzene rings is 1. The largest absolute Gasteiger partial charge is 0.461 e. The third-order valence-corrected chi connectivity index (χ3v) is 2.01. The maximum absolute atomic E-state index is 11.5. The van der Waals surface area contributed by atoms with Gasteiger partial charge in [-0.1, -0.05) is 18.2 Å². The molecule has 0 aliphatic heterocycles. The molecule has 0 aliphatic rings. The molecule has 1 aromatic heterocycles. The molecule has 0 radical (unpaired) electrons. The Morgan fingerprint density at radius 3 is 2.93 bits per heavy atom. The minimum Gasteiger partial charge on any atom is -0.461 e. The zero-order valence-electron chi connectivity index (χ0n) is 8.30. The highest BCUT2D eigenvalue weighted by molar-refractivity contribution is 6.01.